The molecule has 0 saturated carbocycles. The number of nitrogens with one attached hydrogen (secondary N) is 2. The first-order valence-electron chi connectivity index (χ1n) is 5.75. The molecular weight excluding hydrogens is 246 g/mol. The molecule has 18 heavy (non-hydrogen) atoms. The molecule has 8 heteroatoms. The van der Waals surface area contributed by atoms with E-state index in [9.17, 15) is 18.4 Å². The Kier molecular flexibility index (Phi) is 5.93. The molecule has 1 heterocycles. The van der Waals surface area contributed by atoms with Gasteiger partial charge >= 0.3 is 6.03 Å². The van der Waals surface area contributed by atoms with Gasteiger partial charge in [0.05, 0.1) is 13.1 Å². The molecule has 1 saturated heterocycles. The van der Waals surface area contributed by atoms with Crippen LogP contribution in [0, 0.1) is 0 Å². The van der Waals surface area contributed by atoms with E-state index in [-0.39, 0.29) is 13.1 Å². The molecule has 0 unspecified atom stereocenters. The maximum Gasteiger partial charge on any atom is 0.321 e. The first-order chi connectivity index (χ1) is 8.51. The lowest BCUT2D eigenvalue weighted by molar-refractivity contribution is -0.121. The molecule has 2 N–H and O–H groups in total. The van der Waals surface area contributed by atoms with E-state index < -0.39 is 18.4 Å². The largest absolute Gasteiger partial charge is 0.341 e. The van der Waals surface area contributed by atoms with Crippen LogP contribution in [0.5, 0.6) is 0 Å². The molecule has 1 rings (SSSR count). The van der Waals surface area contributed by atoms with Crippen molar-refractivity contribution in [2.75, 3.05) is 46.3 Å². The monoisotopic (exact) mass is 264 g/mol. The lowest BCUT2D eigenvalue weighted by atomic mass is 10.3. The number of hydrogen-bond donors (Lipinski definition) is 2. The number of carbonyl (C=O) groups excluding carboxylic acids is 2. The van der Waals surface area contributed by atoms with Crippen LogP contribution in [-0.2, 0) is 4.79 Å². The van der Waals surface area contributed by atoms with Gasteiger partial charge in [0, 0.05) is 33.2 Å². The van der Waals surface area contributed by atoms with Crippen LogP contribution >= 0.6 is 0 Å². The minimum absolute atomic E-state index is 0.107. The fourth-order valence-electron chi connectivity index (χ4n) is 1.76. The number of amides is 3. The molecule has 6 nitrogen and oxygen atoms in total. The summed E-state index contributed by atoms with van der Waals surface area (Å²) in [5, 5.41) is 4.44. The Bertz CT molecular complexity index is 294. The number of carbonyl (C=O) groups is 2. The Labute approximate surface area is 104 Å². The second kappa shape index (κ2) is 7.22. The molecule has 1 aliphatic rings. The highest BCUT2D eigenvalue weighted by Crippen LogP contribution is 2.04. The third kappa shape index (κ3) is 5.37. The van der Waals surface area contributed by atoms with Gasteiger partial charge in [0.2, 0.25) is 5.91 Å². The van der Waals surface area contributed by atoms with Crippen molar-refractivity contribution in [3.63, 3.8) is 0 Å². The van der Waals surface area contributed by atoms with Crippen molar-refractivity contribution in [3.05, 3.63) is 0 Å². The molecule has 0 aromatic rings. The van der Waals surface area contributed by atoms with E-state index in [0.29, 0.717) is 26.2 Å². The predicted molar refractivity (Wildman–Crippen MR) is 61.5 cm³/mol. The lowest BCUT2D eigenvalue weighted by Gasteiger charge is -2.33. The number of hydrogen-bond acceptors (Lipinski definition) is 4. The van der Waals surface area contributed by atoms with E-state index >= 15 is 0 Å². The summed E-state index contributed by atoms with van der Waals surface area (Å²) >= 11 is 0. The van der Waals surface area contributed by atoms with E-state index in [2.05, 4.69) is 10.6 Å². The number of rotatable bonds is 4. The van der Waals surface area contributed by atoms with Crippen LogP contribution in [-0.4, -0.2) is 74.5 Å². The van der Waals surface area contributed by atoms with Gasteiger partial charge in [-0.1, -0.05) is 0 Å². The van der Waals surface area contributed by atoms with Crippen molar-refractivity contribution in [1.29, 1.82) is 0 Å². The van der Waals surface area contributed by atoms with Gasteiger partial charge in [-0.2, -0.15) is 0 Å². The second-order valence-corrected chi connectivity index (χ2v) is 4.10. The van der Waals surface area contributed by atoms with Crippen LogP contribution in [0.1, 0.15) is 0 Å². The van der Waals surface area contributed by atoms with Crippen molar-refractivity contribution in [3.8, 4) is 0 Å². The van der Waals surface area contributed by atoms with Gasteiger partial charge in [0.15, 0.2) is 0 Å². The van der Waals surface area contributed by atoms with Crippen LogP contribution in [0.2, 0.25) is 0 Å². The minimum Gasteiger partial charge on any atom is -0.341 e. The summed E-state index contributed by atoms with van der Waals surface area (Å²) in [4.78, 5) is 25.8. The summed E-state index contributed by atoms with van der Waals surface area (Å²) in [6.07, 6.45) is -2.33. The first-order valence-corrected chi connectivity index (χ1v) is 5.75. The fraction of sp³-hybridized carbons (Fsp3) is 0.800. The molecule has 1 aliphatic heterocycles. The van der Waals surface area contributed by atoms with Gasteiger partial charge in [0.25, 0.3) is 6.43 Å². The highest BCUT2D eigenvalue weighted by Gasteiger charge is 2.21. The zero-order valence-electron chi connectivity index (χ0n) is 10.3. The van der Waals surface area contributed by atoms with Crippen LogP contribution in [0.4, 0.5) is 13.6 Å². The zero-order chi connectivity index (χ0) is 13.5. The van der Waals surface area contributed by atoms with Crippen molar-refractivity contribution in [2.24, 2.45) is 0 Å². The number of nitrogens with zero attached hydrogens (tertiary/aromatic N) is 2. The van der Waals surface area contributed by atoms with Gasteiger partial charge in [0.1, 0.15) is 0 Å². The molecule has 0 bridgehead atoms. The maximum absolute atomic E-state index is 12.1. The molecule has 0 aromatic carbocycles. The van der Waals surface area contributed by atoms with Gasteiger partial charge in [-0.05, 0) is 0 Å². The highest BCUT2D eigenvalue weighted by atomic mass is 19.3. The van der Waals surface area contributed by atoms with E-state index in [1.165, 1.54) is 7.05 Å². The van der Waals surface area contributed by atoms with Crippen LogP contribution in [0.3, 0.4) is 0 Å². The number of imide groups is 1. The first kappa shape index (κ1) is 14.8. The number of halogens is 2. The van der Waals surface area contributed by atoms with E-state index in [1.807, 2.05) is 4.90 Å². The third-order valence-electron chi connectivity index (χ3n) is 2.71. The Balaban J connectivity index is 2.23. The molecule has 3 amide bonds. The molecule has 0 aliphatic carbocycles. The molecule has 0 spiro atoms. The Morgan fingerprint density at radius 1 is 1.17 bits per heavy atom. The summed E-state index contributed by atoms with van der Waals surface area (Å²) in [6.45, 7) is 2.01. The average molecular weight is 264 g/mol. The van der Waals surface area contributed by atoms with Gasteiger partial charge in [-0.25, -0.2) is 13.6 Å². The quantitative estimate of drug-likeness (QED) is 0.706. The summed E-state index contributed by atoms with van der Waals surface area (Å²) < 4.78 is 24.3. The second-order valence-electron chi connectivity index (χ2n) is 4.10. The van der Waals surface area contributed by atoms with E-state index in [1.54, 1.807) is 4.90 Å². The number of urea groups is 1. The molecule has 104 valence electrons. The average Bonchev–Trinajstić information content (AvgIpc) is 2.30. The van der Waals surface area contributed by atoms with Gasteiger partial charge in [-0.3, -0.25) is 19.9 Å². The molecular formula is C10H18F2N4O2. The Morgan fingerprint density at radius 2 is 1.72 bits per heavy atom. The van der Waals surface area contributed by atoms with Gasteiger partial charge < -0.3 is 5.32 Å². The van der Waals surface area contributed by atoms with Crippen LogP contribution in [0.25, 0.3) is 0 Å². The molecule has 0 aromatic heterocycles. The standard InChI is InChI=1S/C10H18F2N4O2/c1-13-10(18)14-9(17)7-16-4-2-15(3-5-16)6-8(11)12/h8H,2-7H2,1H3,(H2,13,14,17,18). The van der Waals surface area contributed by atoms with E-state index in [4.69, 9.17) is 0 Å². The van der Waals surface area contributed by atoms with Gasteiger partial charge in [-0.15, -0.1) is 0 Å². The van der Waals surface area contributed by atoms with E-state index in [0.717, 1.165) is 0 Å². The zero-order valence-corrected chi connectivity index (χ0v) is 10.3. The predicted octanol–water partition coefficient (Wildman–Crippen LogP) is -0.675. The Hall–Kier alpha value is -1.28. The topological polar surface area (TPSA) is 64.7 Å². The van der Waals surface area contributed by atoms with Crippen LogP contribution in [0.15, 0.2) is 0 Å². The fourth-order valence-corrected chi connectivity index (χ4v) is 1.76. The smallest absolute Gasteiger partial charge is 0.321 e. The van der Waals surface area contributed by atoms with Crippen molar-refractivity contribution in [2.45, 2.75) is 6.43 Å². The Morgan fingerprint density at radius 3 is 2.22 bits per heavy atom. The molecule has 0 radical (unpaired) electrons. The number of piperazine rings is 1. The summed E-state index contributed by atoms with van der Waals surface area (Å²) in [6, 6.07) is -0.545. The van der Waals surface area contributed by atoms with Crippen molar-refractivity contribution >= 4 is 11.9 Å². The van der Waals surface area contributed by atoms with Crippen molar-refractivity contribution < 1.29 is 18.4 Å². The normalized spacial score (nSPS) is 17.8. The summed E-state index contributed by atoms with van der Waals surface area (Å²) in [5.74, 6) is -0.392. The summed E-state index contributed by atoms with van der Waals surface area (Å²) in [7, 11) is 1.42. The SMILES string of the molecule is CNC(=O)NC(=O)CN1CCN(CC(F)F)CC1. The maximum atomic E-state index is 12.1. The molecule has 0 atom stereocenters. The highest BCUT2D eigenvalue weighted by molar-refractivity contribution is 5.95. The lowest BCUT2D eigenvalue weighted by Crippen LogP contribution is -2.51. The van der Waals surface area contributed by atoms with Crippen LogP contribution < -0.4 is 10.6 Å². The molecule has 1 fully saturated rings. The number of alkyl halides is 2. The summed E-state index contributed by atoms with van der Waals surface area (Å²) in [5.41, 5.74) is 0. The van der Waals surface area contributed by atoms with Crippen molar-refractivity contribution in [1.82, 2.24) is 20.4 Å². The third-order valence-corrected chi connectivity index (χ3v) is 2.71. The minimum atomic E-state index is -2.33.